The SMILES string of the molecule is Nc1nc(N)c2c(n1)O[C@]1(CCCN(C(=O)c3ccccc3-c3ccccc3C(=O)O)CC1)C2. The number of aromatic carboxylic acids is 1. The number of aromatic nitrogens is 2. The van der Waals surface area contributed by atoms with E-state index in [1.807, 2.05) is 11.0 Å². The molecule has 1 atom stereocenters. The lowest BCUT2D eigenvalue weighted by molar-refractivity contribution is 0.0656. The van der Waals surface area contributed by atoms with Crippen molar-refractivity contribution in [2.24, 2.45) is 0 Å². The number of carbonyl (C=O) groups is 2. The number of rotatable bonds is 3. The van der Waals surface area contributed by atoms with Crippen LogP contribution in [0.25, 0.3) is 11.1 Å². The van der Waals surface area contributed by atoms with Crippen molar-refractivity contribution >= 4 is 23.6 Å². The van der Waals surface area contributed by atoms with Crippen LogP contribution in [0.4, 0.5) is 11.8 Å². The predicted molar refractivity (Wildman–Crippen MR) is 127 cm³/mol. The summed E-state index contributed by atoms with van der Waals surface area (Å²) in [5.74, 6) is -0.317. The third kappa shape index (κ3) is 3.79. The highest BCUT2D eigenvalue weighted by Crippen LogP contribution is 2.42. The van der Waals surface area contributed by atoms with Crippen molar-refractivity contribution in [3.8, 4) is 17.0 Å². The Morgan fingerprint density at radius 1 is 0.941 bits per heavy atom. The predicted octanol–water partition coefficient (Wildman–Crippen LogP) is 3.01. The summed E-state index contributed by atoms with van der Waals surface area (Å²) < 4.78 is 6.23. The summed E-state index contributed by atoms with van der Waals surface area (Å²) in [7, 11) is 0. The van der Waals surface area contributed by atoms with Crippen molar-refractivity contribution in [2.45, 2.75) is 31.3 Å². The smallest absolute Gasteiger partial charge is 0.336 e. The first-order valence-corrected chi connectivity index (χ1v) is 11.2. The maximum absolute atomic E-state index is 13.6. The van der Waals surface area contributed by atoms with Crippen LogP contribution >= 0.6 is 0 Å². The molecule has 34 heavy (non-hydrogen) atoms. The molecule has 0 radical (unpaired) electrons. The zero-order valence-electron chi connectivity index (χ0n) is 18.5. The molecule has 174 valence electrons. The number of nitrogens with two attached hydrogens (primary N) is 2. The minimum atomic E-state index is -1.03. The highest BCUT2D eigenvalue weighted by atomic mass is 16.5. The number of fused-ring (bicyclic) bond motifs is 1. The van der Waals surface area contributed by atoms with E-state index in [0.717, 1.165) is 18.4 Å². The minimum Gasteiger partial charge on any atom is -0.478 e. The normalized spacial score (nSPS) is 19.4. The van der Waals surface area contributed by atoms with Gasteiger partial charge in [-0.2, -0.15) is 9.97 Å². The van der Waals surface area contributed by atoms with E-state index in [1.165, 1.54) is 0 Å². The third-order valence-corrected chi connectivity index (χ3v) is 6.62. The molecule has 5 N–H and O–H groups in total. The zero-order chi connectivity index (χ0) is 23.9. The van der Waals surface area contributed by atoms with Gasteiger partial charge in [-0.05, 0) is 36.1 Å². The Morgan fingerprint density at radius 2 is 1.62 bits per heavy atom. The molecular weight excluding hydrogens is 434 g/mol. The van der Waals surface area contributed by atoms with E-state index in [0.29, 0.717) is 54.3 Å². The molecule has 0 aliphatic carbocycles. The number of carboxylic acid groups (broad SMARTS) is 1. The van der Waals surface area contributed by atoms with Gasteiger partial charge in [-0.3, -0.25) is 4.79 Å². The van der Waals surface area contributed by atoms with Gasteiger partial charge in [0.25, 0.3) is 5.91 Å². The number of hydrogen-bond donors (Lipinski definition) is 3. The summed E-state index contributed by atoms with van der Waals surface area (Å²) in [4.78, 5) is 35.5. The van der Waals surface area contributed by atoms with Crippen molar-refractivity contribution in [2.75, 3.05) is 24.6 Å². The van der Waals surface area contributed by atoms with Gasteiger partial charge in [-0.1, -0.05) is 36.4 Å². The Labute approximate surface area is 196 Å². The number of anilines is 2. The topological polar surface area (TPSA) is 145 Å². The van der Waals surface area contributed by atoms with Crippen LogP contribution in [-0.2, 0) is 6.42 Å². The molecule has 0 unspecified atom stereocenters. The van der Waals surface area contributed by atoms with Gasteiger partial charge >= 0.3 is 5.97 Å². The van der Waals surface area contributed by atoms with Crippen molar-refractivity contribution in [1.82, 2.24) is 14.9 Å². The fourth-order valence-electron chi connectivity index (χ4n) is 4.94. The van der Waals surface area contributed by atoms with Gasteiger partial charge in [-0.25, -0.2) is 4.79 Å². The van der Waals surface area contributed by atoms with Crippen molar-refractivity contribution < 1.29 is 19.4 Å². The summed E-state index contributed by atoms with van der Waals surface area (Å²) in [5.41, 5.74) is 13.8. The van der Waals surface area contributed by atoms with E-state index in [9.17, 15) is 14.7 Å². The lowest BCUT2D eigenvalue weighted by Crippen LogP contribution is -2.37. The number of ether oxygens (including phenoxy) is 1. The fourth-order valence-corrected chi connectivity index (χ4v) is 4.94. The number of likely N-dealkylation sites (tertiary alicyclic amines) is 1. The molecule has 2 aliphatic heterocycles. The van der Waals surface area contributed by atoms with Crippen LogP contribution < -0.4 is 16.2 Å². The van der Waals surface area contributed by atoms with E-state index in [-0.39, 0.29) is 17.4 Å². The first-order valence-electron chi connectivity index (χ1n) is 11.2. The Hall–Kier alpha value is -4.14. The van der Waals surface area contributed by atoms with Gasteiger partial charge in [0.2, 0.25) is 11.8 Å². The molecule has 5 rings (SSSR count). The molecule has 0 bridgehead atoms. The fraction of sp³-hybridized carbons (Fsp3) is 0.280. The summed E-state index contributed by atoms with van der Waals surface area (Å²) in [6, 6.07) is 13.9. The molecule has 3 aromatic rings. The second-order valence-electron chi connectivity index (χ2n) is 8.75. The lowest BCUT2D eigenvalue weighted by atomic mass is 9.90. The molecule has 9 nitrogen and oxygen atoms in total. The average molecular weight is 460 g/mol. The zero-order valence-corrected chi connectivity index (χ0v) is 18.5. The number of benzene rings is 2. The minimum absolute atomic E-state index is 0.0805. The first kappa shape index (κ1) is 21.7. The Morgan fingerprint density at radius 3 is 2.35 bits per heavy atom. The molecule has 1 amide bonds. The second-order valence-corrected chi connectivity index (χ2v) is 8.75. The molecule has 1 spiro atoms. The van der Waals surface area contributed by atoms with Crippen LogP contribution in [0.2, 0.25) is 0 Å². The van der Waals surface area contributed by atoms with Crippen molar-refractivity contribution in [1.29, 1.82) is 0 Å². The van der Waals surface area contributed by atoms with Crippen LogP contribution in [0.5, 0.6) is 5.88 Å². The maximum atomic E-state index is 13.6. The first-order chi connectivity index (χ1) is 16.4. The number of carbonyl (C=O) groups excluding carboxylic acids is 1. The molecule has 2 aromatic carbocycles. The monoisotopic (exact) mass is 459 g/mol. The van der Waals surface area contributed by atoms with Crippen LogP contribution in [0.3, 0.4) is 0 Å². The summed E-state index contributed by atoms with van der Waals surface area (Å²) in [6.45, 7) is 1.06. The number of nitrogen functional groups attached to an aromatic ring is 2. The highest BCUT2D eigenvalue weighted by Gasteiger charge is 2.43. The van der Waals surface area contributed by atoms with Crippen molar-refractivity contribution in [3.05, 3.63) is 65.2 Å². The number of carboxylic acids is 1. The largest absolute Gasteiger partial charge is 0.478 e. The average Bonchev–Trinajstić information content (AvgIpc) is 3.06. The Kier molecular flexibility index (Phi) is 5.31. The van der Waals surface area contributed by atoms with Crippen molar-refractivity contribution in [3.63, 3.8) is 0 Å². The molecule has 2 aliphatic rings. The van der Waals surface area contributed by atoms with Crippen LogP contribution in [0, 0.1) is 0 Å². The Bertz CT molecular complexity index is 1290. The quantitative estimate of drug-likeness (QED) is 0.542. The molecule has 1 aromatic heterocycles. The van der Waals surface area contributed by atoms with E-state index >= 15 is 0 Å². The maximum Gasteiger partial charge on any atom is 0.336 e. The van der Waals surface area contributed by atoms with E-state index in [2.05, 4.69) is 9.97 Å². The highest BCUT2D eigenvalue weighted by molar-refractivity contribution is 6.04. The molecule has 3 heterocycles. The van der Waals surface area contributed by atoms with Gasteiger partial charge < -0.3 is 26.2 Å². The van der Waals surface area contributed by atoms with Crippen LogP contribution in [0.1, 0.15) is 45.5 Å². The van der Waals surface area contributed by atoms with E-state index < -0.39 is 11.6 Å². The summed E-state index contributed by atoms with van der Waals surface area (Å²) in [6.07, 6.45) is 2.69. The number of hydrogen-bond acceptors (Lipinski definition) is 7. The number of amides is 1. The Balaban J connectivity index is 1.40. The molecule has 1 fully saturated rings. The third-order valence-electron chi connectivity index (χ3n) is 6.62. The van der Waals surface area contributed by atoms with Gasteiger partial charge in [0.1, 0.15) is 11.4 Å². The molecule has 9 heteroatoms. The number of nitrogens with zero attached hydrogens (tertiary/aromatic N) is 3. The van der Waals surface area contributed by atoms with E-state index in [1.54, 1.807) is 42.5 Å². The van der Waals surface area contributed by atoms with Gasteiger partial charge in [0.15, 0.2) is 0 Å². The van der Waals surface area contributed by atoms with Gasteiger partial charge in [-0.15, -0.1) is 0 Å². The van der Waals surface area contributed by atoms with E-state index in [4.69, 9.17) is 16.2 Å². The van der Waals surface area contributed by atoms with Crippen LogP contribution in [0.15, 0.2) is 48.5 Å². The van der Waals surface area contributed by atoms with Gasteiger partial charge in [0, 0.05) is 31.5 Å². The standard InChI is InChI=1S/C25H25N5O4/c26-20-19-14-25(34-21(19)29-24(27)28-20)10-5-12-30(13-11-25)22(31)17-8-3-1-6-15(17)16-7-2-4-9-18(16)23(32)33/h1-4,6-9H,5,10-14H2,(H,32,33)(H4,26,27,28,29)/t25-/m0/s1. The summed E-state index contributed by atoms with van der Waals surface area (Å²) in [5, 5.41) is 9.64. The van der Waals surface area contributed by atoms with Crippen LogP contribution in [-0.4, -0.2) is 50.5 Å². The molecular formula is C25H25N5O4. The molecule has 0 saturated carbocycles. The van der Waals surface area contributed by atoms with Gasteiger partial charge in [0.05, 0.1) is 11.1 Å². The lowest BCUT2D eigenvalue weighted by Gasteiger charge is -2.27. The summed E-state index contributed by atoms with van der Waals surface area (Å²) >= 11 is 0. The molecule has 1 saturated heterocycles. The second kappa shape index (κ2) is 8.33.